The lowest BCUT2D eigenvalue weighted by Gasteiger charge is -2.24. The van der Waals surface area contributed by atoms with Crippen molar-refractivity contribution in [3.05, 3.63) is 33.9 Å². The Hall–Kier alpha value is -2.64. The number of aryl methyl sites for hydroxylation is 2. The van der Waals surface area contributed by atoms with Crippen LogP contribution in [0.15, 0.2) is 0 Å². The molecule has 0 bridgehead atoms. The largest absolute Gasteiger partial charge is 0.455 e. The number of aromatic nitrogens is 4. The zero-order valence-electron chi connectivity index (χ0n) is 20.8. The number of ether oxygens (including phenoxy) is 2. The topological polar surface area (TPSA) is 88.2 Å². The van der Waals surface area contributed by atoms with E-state index in [-0.39, 0.29) is 6.04 Å². The fourth-order valence-electron chi connectivity index (χ4n) is 4.25. The van der Waals surface area contributed by atoms with Gasteiger partial charge < -0.3 is 14.0 Å². The van der Waals surface area contributed by atoms with Gasteiger partial charge in [0.2, 0.25) is 0 Å². The summed E-state index contributed by atoms with van der Waals surface area (Å²) in [5.41, 5.74) is 3.30. The predicted octanol–water partition coefficient (Wildman–Crippen LogP) is 3.99. The first-order chi connectivity index (χ1) is 14.7. The maximum atomic E-state index is 13.4. The molecule has 8 nitrogen and oxygen atoms in total. The van der Waals surface area contributed by atoms with E-state index in [2.05, 4.69) is 10.3 Å². The third-order valence-corrected chi connectivity index (χ3v) is 5.37. The van der Waals surface area contributed by atoms with E-state index in [0.29, 0.717) is 37.1 Å². The van der Waals surface area contributed by atoms with E-state index in [4.69, 9.17) is 9.47 Å². The molecule has 0 atom stereocenters. The third kappa shape index (κ3) is 4.89. The minimum absolute atomic E-state index is 0.129. The van der Waals surface area contributed by atoms with Crippen molar-refractivity contribution in [3.8, 4) is 0 Å². The van der Waals surface area contributed by atoms with Crippen LogP contribution in [0.1, 0.15) is 105 Å². The zero-order chi connectivity index (χ0) is 24.0. The van der Waals surface area contributed by atoms with Crippen LogP contribution < -0.4 is 0 Å². The summed E-state index contributed by atoms with van der Waals surface area (Å²) in [5, 5.41) is 8.48. The average molecular weight is 445 g/mol. The first-order valence-corrected chi connectivity index (χ1v) is 11.3. The zero-order valence-corrected chi connectivity index (χ0v) is 20.8. The quantitative estimate of drug-likeness (QED) is 0.665. The summed E-state index contributed by atoms with van der Waals surface area (Å²) in [6, 6.07) is -0.129. The Labute approximate surface area is 190 Å². The van der Waals surface area contributed by atoms with Crippen LogP contribution in [0.2, 0.25) is 0 Å². The molecule has 0 amide bonds. The number of hydrogen-bond donors (Lipinski definition) is 0. The molecule has 0 radical (unpaired) electrons. The fourth-order valence-corrected chi connectivity index (χ4v) is 4.25. The van der Waals surface area contributed by atoms with Crippen LogP contribution >= 0.6 is 0 Å². The van der Waals surface area contributed by atoms with Gasteiger partial charge in [0, 0.05) is 13.1 Å². The number of carbonyl (C=O) groups excluding carboxylic acids is 2. The number of carbonyl (C=O) groups is 2. The molecule has 3 rings (SSSR count). The molecular weight excluding hydrogens is 408 g/mol. The van der Waals surface area contributed by atoms with Crippen molar-refractivity contribution in [1.82, 2.24) is 19.6 Å². The van der Waals surface area contributed by atoms with Gasteiger partial charge in [-0.15, -0.1) is 5.10 Å². The van der Waals surface area contributed by atoms with Crippen LogP contribution in [-0.2, 0) is 42.2 Å². The van der Waals surface area contributed by atoms with Gasteiger partial charge in [0.05, 0.1) is 11.4 Å². The number of hydrogen-bond acceptors (Lipinski definition) is 6. The fraction of sp³-hybridized carbons (Fsp3) is 0.667. The molecule has 1 aliphatic carbocycles. The van der Waals surface area contributed by atoms with E-state index < -0.39 is 23.1 Å². The molecule has 0 spiro atoms. The van der Waals surface area contributed by atoms with E-state index in [1.807, 2.05) is 67.0 Å². The molecule has 0 saturated carbocycles. The Morgan fingerprint density at radius 2 is 1.31 bits per heavy atom. The maximum Gasteiger partial charge on any atom is 0.355 e. The Balaban J connectivity index is 2.22. The van der Waals surface area contributed by atoms with Crippen LogP contribution in [-0.4, -0.2) is 42.7 Å². The lowest BCUT2D eigenvalue weighted by atomic mass is 9.93. The Morgan fingerprint density at radius 1 is 0.844 bits per heavy atom. The van der Waals surface area contributed by atoms with E-state index in [9.17, 15) is 9.59 Å². The summed E-state index contributed by atoms with van der Waals surface area (Å²) in [4.78, 5) is 26.8. The smallest absolute Gasteiger partial charge is 0.355 e. The molecule has 0 unspecified atom stereocenters. The van der Waals surface area contributed by atoms with Crippen molar-refractivity contribution in [1.29, 1.82) is 0 Å². The summed E-state index contributed by atoms with van der Waals surface area (Å²) in [6.45, 7) is 15.0. The summed E-state index contributed by atoms with van der Waals surface area (Å²) >= 11 is 0. The SMILES string of the molecule is CC(C)n1c(C(=O)OC(C)(C)C)c2c(c1C(=O)OC(C)(C)C)CCc1c(nnn1C)CC2. The Bertz CT molecular complexity index is 1030. The summed E-state index contributed by atoms with van der Waals surface area (Å²) in [7, 11) is 1.88. The van der Waals surface area contributed by atoms with Gasteiger partial charge >= 0.3 is 11.9 Å². The highest BCUT2D eigenvalue weighted by Crippen LogP contribution is 2.34. The van der Waals surface area contributed by atoms with Gasteiger partial charge in [-0.2, -0.15) is 0 Å². The van der Waals surface area contributed by atoms with E-state index in [0.717, 1.165) is 22.5 Å². The second-order valence-corrected chi connectivity index (χ2v) is 10.7. The van der Waals surface area contributed by atoms with Gasteiger partial charge in [0.15, 0.2) is 0 Å². The molecule has 2 aromatic heterocycles. The molecule has 176 valence electrons. The standard InChI is InChI=1S/C24H36N4O4/c1-14(2)28-19(21(29)31-23(3,4)5)15-10-12-17-18(27(9)26-25-17)13-11-16(15)20(28)22(30)32-24(6,7)8/h14H,10-13H2,1-9H3. The molecule has 0 saturated heterocycles. The monoisotopic (exact) mass is 444 g/mol. The minimum atomic E-state index is -0.651. The van der Waals surface area contributed by atoms with Crippen molar-refractivity contribution in [2.24, 2.45) is 7.05 Å². The second kappa shape index (κ2) is 8.37. The number of fused-ring (bicyclic) bond motifs is 2. The van der Waals surface area contributed by atoms with Crippen molar-refractivity contribution in [3.63, 3.8) is 0 Å². The Morgan fingerprint density at radius 3 is 1.75 bits per heavy atom. The summed E-state index contributed by atoms with van der Waals surface area (Å²) < 4.78 is 15.2. The molecule has 2 heterocycles. The normalized spacial score (nSPS) is 14.4. The van der Waals surface area contributed by atoms with Gasteiger partial charge in [-0.3, -0.25) is 4.68 Å². The van der Waals surface area contributed by atoms with Gasteiger partial charge in [0.25, 0.3) is 0 Å². The molecule has 0 fully saturated rings. The molecule has 0 aromatic carbocycles. The lowest BCUT2D eigenvalue weighted by molar-refractivity contribution is 0.00467. The van der Waals surface area contributed by atoms with Crippen LogP contribution in [0.5, 0.6) is 0 Å². The van der Waals surface area contributed by atoms with Crippen LogP contribution in [0, 0.1) is 0 Å². The second-order valence-electron chi connectivity index (χ2n) is 10.7. The van der Waals surface area contributed by atoms with Crippen LogP contribution in [0.3, 0.4) is 0 Å². The van der Waals surface area contributed by atoms with Crippen molar-refractivity contribution >= 4 is 11.9 Å². The summed E-state index contributed by atoms with van der Waals surface area (Å²) in [5.74, 6) is -0.835. The molecule has 0 aliphatic heterocycles. The molecule has 0 N–H and O–H groups in total. The highest BCUT2D eigenvalue weighted by atomic mass is 16.6. The average Bonchev–Trinajstić information content (AvgIpc) is 3.09. The first-order valence-electron chi connectivity index (χ1n) is 11.3. The third-order valence-electron chi connectivity index (χ3n) is 5.37. The number of rotatable bonds is 3. The number of esters is 2. The predicted molar refractivity (Wildman–Crippen MR) is 121 cm³/mol. The number of nitrogens with zero attached hydrogens (tertiary/aromatic N) is 4. The van der Waals surface area contributed by atoms with Crippen LogP contribution in [0.25, 0.3) is 0 Å². The first kappa shape index (κ1) is 24.0. The molecule has 2 aromatic rings. The van der Waals surface area contributed by atoms with Gasteiger partial charge in [0.1, 0.15) is 22.6 Å². The lowest BCUT2D eigenvalue weighted by Crippen LogP contribution is -2.29. The van der Waals surface area contributed by atoms with Crippen molar-refractivity contribution in [2.45, 2.75) is 98.3 Å². The van der Waals surface area contributed by atoms with Gasteiger partial charge in [-0.1, -0.05) is 5.21 Å². The van der Waals surface area contributed by atoms with Crippen molar-refractivity contribution in [2.75, 3.05) is 0 Å². The van der Waals surface area contributed by atoms with E-state index in [1.54, 1.807) is 4.68 Å². The molecule has 1 aliphatic rings. The van der Waals surface area contributed by atoms with Gasteiger partial charge in [-0.05, 0) is 92.2 Å². The summed E-state index contributed by atoms with van der Waals surface area (Å²) in [6.07, 6.45) is 2.48. The molecular formula is C24H36N4O4. The molecule has 32 heavy (non-hydrogen) atoms. The highest BCUT2D eigenvalue weighted by molar-refractivity contribution is 5.97. The maximum absolute atomic E-state index is 13.4. The van der Waals surface area contributed by atoms with E-state index >= 15 is 0 Å². The molecule has 8 heteroatoms. The Kier molecular flexibility index (Phi) is 6.28. The van der Waals surface area contributed by atoms with E-state index in [1.165, 1.54) is 0 Å². The van der Waals surface area contributed by atoms with Gasteiger partial charge in [-0.25, -0.2) is 9.59 Å². The van der Waals surface area contributed by atoms with Crippen molar-refractivity contribution < 1.29 is 19.1 Å². The minimum Gasteiger partial charge on any atom is -0.455 e. The van der Waals surface area contributed by atoms with Crippen LogP contribution in [0.4, 0.5) is 0 Å². The highest BCUT2D eigenvalue weighted by Gasteiger charge is 2.36.